The summed E-state index contributed by atoms with van der Waals surface area (Å²) in [5, 5.41) is 13.1. The number of aliphatic hydroxyl groups is 1. The molecule has 5 nitrogen and oxygen atoms in total. The Morgan fingerprint density at radius 2 is 1.81 bits per heavy atom. The van der Waals surface area contributed by atoms with Gasteiger partial charge in [-0.05, 0) is 60.6 Å². The van der Waals surface area contributed by atoms with Crippen molar-refractivity contribution in [2.24, 2.45) is 11.8 Å². The molecule has 1 saturated carbocycles. The topological polar surface area (TPSA) is 57.6 Å². The van der Waals surface area contributed by atoms with Crippen LogP contribution in [0.1, 0.15) is 18.1 Å². The minimum Gasteiger partial charge on any atom is -0.492 e. The SMILES string of the molecule is C[C@@H](O)Cc1ccc(OCCN[C@H]2[C@@H]3CN(Cc4ccncc4)C[C@@H]32)cc1. The molecule has 2 aromatic rings. The van der Waals surface area contributed by atoms with E-state index in [2.05, 4.69) is 27.3 Å². The zero-order valence-electron chi connectivity index (χ0n) is 15.9. The van der Waals surface area contributed by atoms with Gasteiger partial charge in [0.2, 0.25) is 0 Å². The van der Waals surface area contributed by atoms with Gasteiger partial charge in [0.05, 0.1) is 6.10 Å². The third kappa shape index (κ3) is 4.86. The highest BCUT2D eigenvalue weighted by molar-refractivity contribution is 5.27. The van der Waals surface area contributed by atoms with Gasteiger partial charge in [-0.25, -0.2) is 0 Å². The number of hydrogen-bond donors (Lipinski definition) is 2. The molecule has 144 valence electrons. The van der Waals surface area contributed by atoms with Gasteiger partial charge in [0.1, 0.15) is 12.4 Å². The van der Waals surface area contributed by atoms with Crippen LogP contribution < -0.4 is 10.1 Å². The first-order chi connectivity index (χ1) is 13.2. The van der Waals surface area contributed by atoms with E-state index in [0.29, 0.717) is 19.1 Å². The fourth-order valence-corrected chi connectivity index (χ4v) is 4.25. The van der Waals surface area contributed by atoms with Gasteiger partial charge in [0.15, 0.2) is 0 Å². The van der Waals surface area contributed by atoms with Gasteiger partial charge in [-0.15, -0.1) is 0 Å². The normalized spacial score (nSPS) is 25.2. The van der Waals surface area contributed by atoms with E-state index in [1.54, 1.807) is 0 Å². The summed E-state index contributed by atoms with van der Waals surface area (Å²) in [4.78, 5) is 6.63. The lowest BCUT2D eigenvalue weighted by Crippen LogP contribution is -2.33. The molecule has 5 heteroatoms. The maximum absolute atomic E-state index is 9.42. The second-order valence-corrected chi connectivity index (χ2v) is 7.90. The van der Waals surface area contributed by atoms with Crippen molar-refractivity contribution in [3.8, 4) is 5.75 Å². The van der Waals surface area contributed by atoms with Gasteiger partial charge in [-0.1, -0.05) is 12.1 Å². The predicted molar refractivity (Wildman–Crippen MR) is 106 cm³/mol. The van der Waals surface area contributed by atoms with Gasteiger partial charge in [-0.3, -0.25) is 9.88 Å². The molecule has 1 aliphatic carbocycles. The minimum atomic E-state index is -0.306. The van der Waals surface area contributed by atoms with Crippen LogP contribution in [0.2, 0.25) is 0 Å². The fourth-order valence-electron chi connectivity index (χ4n) is 4.25. The lowest BCUT2D eigenvalue weighted by Gasteiger charge is -2.19. The summed E-state index contributed by atoms with van der Waals surface area (Å²) in [5.74, 6) is 2.49. The number of aliphatic hydroxyl groups excluding tert-OH is 1. The van der Waals surface area contributed by atoms with E-state index in [0.717, 1.165) is 36.2 Å². The molecule has 4 atom stereocenters. The quantitative estimate of drug-likeness (QED) is 0.665. The number of nitrogens with zero attached hydrogens (tertiary/aromatic N) is 2. The summed E-state index contributed by atoms with van der Waals surface area (Å²) in [5.41, 5.74) is 2.49. The number of ether oxygens (including phenoxy) is 1. The van der Waals surface area contributed by atoms with Gasteiger partial charge >= 0.3 is 0 Å². The van der Waals surface area contributed by atoms with Crippen LogP contribution in [0.5, 0.6) is 5.75 Å². The lowest BCUT2D eigenvalue weighted by molar-refractivity contribution is 0.195. The smallest absolute Gasteiger partial charge is 0.119 e. The predicted octanol–water partition coefficient (Wildman–Crippen LogP) is 2.10. The van der Waals surface area contributed by atoms with Crippen molar-refractivity contribution in [1.29, 1.82) is 0 Å². The summed E-state index contributed by atoms with van der Waals surface area (Å²) in [6.45, 7) is 6.80. The number of pyridine rings is 1. The van der Waals surface area contributed by atoms with Crippen LogP contribution in [0.25, 0.3) is 0 Å². The molecule has 0 spiro atoms. The van der Waals surface area contributed by atoms with E-state index < -0.39 is 0 Å². The molecule has 27 heavy (non-hydrogen) atoms. The summed E-state index contributed by atoms with van der Waals surface area (Å²) in [6.07, 6.45) is 4.12. The highest BCUT2D eigenvalue weighted by atomic mass is 16.5. The first kappa shape index (κ1) is 18.4. The van der Waals surface area contributed by atoms with E-state index in [4.69, 9.17) is 4.74 Å². The van der Waals surface area contributed by atoms with Crippen molar-refractivity contribution in [2.45, 2.75) is 32.0 Å². The molecule has 2 N–H and O–H groups in total. The number of rotatable bonds is 9. The highest BCUT2D eigenvalue weighted by Gasteiger charge is 2.55. The molecular weight excluding hydrogens is 338 g/mol. The van der Waals surface area contributed by atoms with Gasteiger partial charge < -0.3 is 15.2 Å². The Balaban J connectivity index is 1.11. The van der Waals surface area contributed by atoms with E-state index in [1.165, 1.54) is 18.7 Å². The molecule has 1 aromatic heterocycles. The Bertz CT molecular complexity index is 708. The Morgan fingerprint density at radius 1 is 1.11 bits per heavy atom. The van der Waals surface area contributed by atoms with Gasteiger partial charge in [-0.2, -0.15) is 0 Å². The van der Waals surface area contributed by atoms with Gasteiger partial charge in [0, 0.05) is 44.6 Å². The number of fused-ring (bicyclic) bond motifs is 1. The molecule has 0 unspecified atom stereocenters. The largest absolute Gasteiger partial charge is 0.492 e. The van der Waals surface area contributed by atoms with E-state index in [-0.39, 0.29) is 6.10 Å². The Hall–Kier alpha value is -1.95. The number of aromatic nitrogens is 1. The molecule has 2 fully saturated rings. The standard InChI is InChI=1S/C22H29N3O2/c1-16(26)12-17-2-4-19(5-3-17)27-11-10-24-22-20-14-25(15-21(20)22)13-18-6-8-23-9-7-18/h2-9,16,20-22,24,26H,10-15H2,1H3/t16-,20-,21+,22+/m1/s1. The van der Waals surface area contributed by atoms with Crippen molar-refractivity contribution in [3.63, 3.8) is 0 Å². The first-order valence-electron chi connectivity index (χ1n) is 9.93. The second kappa shape index (κ2) is 8.38. The summed E-state index contributed by atoms with van der Waals surface area (Å²) >= 11 is 0. The first-order valence-corrected chi connectivity index (χ1v) is 9.93. The molecule has 4 rings (SSSR count). The van der Waals surface area contributed by atoms with Crippen molar-refractivity contribution >= 4 is 0 Å². The molecular formula is C22H29N3O2. The third-order valence-corrected chi connectivity index (χ3v) is 5.63. The second-order valence-electron chi connectivity index (χ2n) is 7.90. The van der Waals surface area contributed by atoms with Crippen molar-refractivity contribution in [2.75, 3.05) is 26.2 Å². The van der Waals surface area contributed by atoms with E-state index >= 15 is 0 Å². The molecule has 1 saturated heterocycles. The van der Waals surface area contributed by atoms with Crippen LogP contribution in [0.3, 0.4) is 0 Å². The monoisotopic (exact) mass is 367 g/mol. The van der Waals surface area contributed by atoms with Crippen LogP contribution in [0.15, 0.2) is 48.8 Å². The van der Waals surface area contributed by atoms with E-state index in [9.17, 15) is 5.11 Å². The van der Waals surface area contributed by atoms with Crippen LogP contribution in [0, 0.1) is 11.8 Å². The highest BCUT2D eigenvalue weighted by Crippen LogP contribution is 2.45. The summed E-state index contributed by atoms with van der Waals surface area (Å²) in [6, 6.07) is 12.9. The van der Waals surface area contributed by atoms with Crippen LogP contribution >= 0.6 is 0 Å². The Morgan fingerprint density at radius 3 is 2.48 bits per heavy atom. The van der Waals surface area contributed by atoms with Crippen LogP contribution in [0.4, 0.5) is 0 Å². The Kier molecular flexibility index (Phi) is 5.72. The molecule has 2 aliphatic rings. The maximum Gasteiger partial charge on any atom is 0.119 e. The van der Waals surface area contributed by atoms with Crippen molar-refractivity contribution in [3.05, 3.63) is 59.9 Å². The van der Waals surface area contributed by atoms with Gasteiger partial charge in [0.25, 0.3) is 0 Å². The zero-order valence-corrected chi connectivity index (χ0v) is 15.9. The summed E-state index contributed by atoms with van der Waals surface area (Å²) < 4.78 is 5.83. The average molecular weight is 367 g/mol. The summed E-state index contributed by atoms with van der Waals surface area (Å²) in [7, 11) is 0. The molecule has 1 aromatic carbocycles. The van der Waals surface area contributed by atoms with E-state index in [1.807, 2.05) is 43.6 Å². The number of benzene rings is 1. The Labute approximate surface area is 161 Å². The minimum absolute atomic E-state index is 0.306. The zero-order chi connectivity index (χ0) is 18.6. The number of piperidine rings is 1. The van der Waals surface area contributed by atoms with Crippen molar-refractivity contribution < 1.29 is 9.84 Å². The maximum atomic E-state index is 9.42. The molecule has 0 bridgehead atoms. The number of nitrogens with one attached hydrogen (secondary N) is 1. The number of likely N-dealkylation sites (tertiary alicyclic amines) is 1. The number of hydrogen-bond acceptors (Lipinski definition) is 5. The molecule has 0 amide bonds. The molecule has 1 aliphatic heterocycles. The lowest BCUT2D eigenvalue weighted by atomic mass is 10.1. The molecule has 0 radical (unpaired) electrons. The average Bonchev–Trinajstić information content (AvgIpc) is 3.11. The third-order valence-electron chi connectivity index (χ3n) is 5.63. The van der Waals surface area contributed by atoms with Crippen LogP contribution in [-0.4, -0.2) is 53.4 Å². The van der Waals surface area contributed by atoms with Crippen molar-refractivity contribution in [1.82, 2.24) is 15.2 Å². The fraction of sp³-hybridized carbons (Fsp3) is 0.500. The van der Waals surface area contributed by atoms with Crippen LogP contribution in [-0.2, 0) is 13.0 Å². The molecule has 2 heterocycles.